The number of primary amides is 2. The van der Waals surface area contributed by atoms with Gasteiger partial charge in [-0.25, -0.2) is 0 Å². The normalized spacial score (nSPS) is 13.7. The van der Waals surface area contributed by atoms with Crippen LogP contribution in [-0.2, 0) is 20.7 Å². The minimum absolute atomic E-state index is 0.0169. The van der Waals surface area contributed by atoms with Crippen molar-refractivity contribution in [3.05, 3.63) is 88.4 Å². The van der Waals surface area contributed by atoms with Gasteiger partial charge in [0.05, 0.1) is 32.9 Å². The van der Waals surface area contributed by atoms with E-state index < -0.39 is 34.5 Å². The fourth-order valence-corrected chi connectivity index (χ4v) is 15.6. The molecule has 13 nitrogen and oxygen atoms in total. The van der Waals surface area contributed by atoms with E-state index in [1.54, 1.807) is 18.2 Å². The molecule has 15 heteroatoms. The molecule has 354 valence electrons. The van der Waals surface area contributed by atoms with Gasteiger partial charge in [-0.2, -0.15) is 0 Å². The summed E-state index contributed by atoms with van der Waals surface area (Å²) in [7, 11) is 0. The Morgan fingerprint density at radius 1 is 0.662 bits per heavy atom. The largest absolute Gasteiger partial charge is 0.509 e. The van der Waals surface area contributed by atoms with Crippen molar-refractivity contribution in [2.24, 2.45) is 16.6 Å². The van der Waals surface area contributed by atoms with E-state index >= 15 is 0 Å². The van der Waals surface area contributed by atoms with Crippen LogP contribution in [0.25, 0.3) is 21.8 Å². The summed E-state index contributed by atoms with van der Waals surface area (Å²) in [5.74, 6) is -3.29. The van der Waals surface area contributed by atoms with Crippen LogP contribution in [0.3, 0.4) is 0 Å². The summed E-state index contributed by atoms with van der Waals surface area (Å²) in [6.45, 7) is 37.1. The van der Waals surface area contributed by atoms with Crippen molar-refractivity contribution in [2.45, 2.75) is 153 Å². The number of amides is 2. The Morgan fingerprint density at radius 3 is 1.48 bits per heavy atom. The summed E-state index contributed by atoms with van der Waals surface area (Å²) in [5.41, 5.74) is 13.0. The van der Waals surface area contributed by atoms with E-state index in [4.69, 9.17) is 20.9 Å². The van der Waals surface area contributed by atoms with Crippen LogP contribution in [-0.4, -0.2) is 69.8 Å². The molecule has 2 aromatic carbocycles. The van der Waals surface area contributed by atoms with Crippen molar-refractivity contribution in [3.63, 3.8) is 0 Å². The number of thioether (sulfide) groups is 2. The highest BCUT2D eigenvalue weighted by atomic mass is 32.2. The summed E-state index contributed by atoms with van der Waals surface area (Å²) in [6, 6.07) is 10.8. The number of ketones is 2. The standard InChI is InChI=1S/C50H69N5O8S2/c1-17-50(16,55-32(5)38(42(58)44(52)60)40-34(55)21-19-23-36(40)63-25-30(3)56)28-49(14,15)65-48(12,13)27-47(10,11)64-46(8,9)26-45(6,7)54-31(4)37(41(57)43(51)59)39-33(54)20-18-22-35(39)62-24-29(2)53-61/h18-23,56H,2-3,17,24-28H2,1,4-16H3,(H2,51,59)(H2,52,60). The van der Waals surface area contributed by atoms with Crippen LogP contribution in [0, 0.1) is 18.8 Å². The van der Waals surface area contributed by atoms with Gasteiger partial charge in [0, 0.05) is 41.5 Å². The Labute approximate surface area is 392 Å². The van der Waals surface area contributed by atoms with Crippen LogP contribution >= 0.6 is 23.5 Å². The van der Waals surface area contributed by atoms with Gasteiger partial charge in [0.15, 0.2) is 0 Å². The van der Waals surface area contributed by atoms with Crippen LogP contribution in [0.15, 0.2) is 66.2 Å². The van der Waals surface area contributed by atoms with Crippen molar-refractivity contribution >= 4 is 68.7 Å². The molecule has 0 radical (unpaired) electrons. The number of carbonyl (C=O) groups excluding carboxylic acids is 4. The number of aliphatic hydroxyl groups excluding tert-OH is 1. The molecule has 0 aliphatic rings. The van der Waals surface area contributed by atoms with Gasteiger partial charge in [-0.15, -0.1) is 28.4 Å². The molecule has 0 aliphatic heterocycles. The lowest BCUT2D eigenvalue weighted by molar-refractivity contribution is -0.114. The molecule has 1 unspecified atom stereocenters. The molecule has 0 bridgehead atoms. The van der Waals surface area contributed by atoms with Crippen LogP contribution < -0.4 is 20.9 Å². The number of hydrogen-bond acceptors (Lipinski definition) is 11. The molecule has 0 spiro atoms. The topological polar surface area (TPSA) is 198 Å². The smallest absolute Gasteiger partial charge is 0.289 e. The predicted octanol–water partition coefficient (Wildman–Crippen LogP) is 11.0. The summed E-state index contributed by atoms with van der Waals surface area (Å²) in [5, 5.41) is 13.6. The number of nitrogens with zero attached hydrogens (tertiary/aromatic N) is 3. The second-order valence-electron chi connectivity index (χ2n) is 20.5. The lowest BCUT2D eigenvalue weighted by atomic mass is 9.87. The van der Waals surface area contributed by atoms with Gasteiger partial charge in [-0.05, 0) is 89.7 Å². The van der Waals surface area contributed by atoms with Crippen molar-refractivity contribution in [2.75, 3.05) is 13.2 Å². The number of nitroso groups, excluding NO2 is 1. The molecule has 0 aliphatic carbocycles. The van der Waals surface area contributed by atoms with E-state index in [0.29, 0.717) is 58.4 Å². The van der Waals surface area contributed by atoms with Crippen LogP contribution in [0.5, 0.6) is 11.5 Å². The molecule has 0 saturated heterocycles. The van der Waals surface area contributed by atoms with Gasteiger partial charge in [-0.1, -0.05) is 87.6 Å². The molecule has 4 aromatic rings. The number of Topliss-reactive ketones (excluding diaryl/α,β-unsaturated/α-hetero) is 2. The Bertz CT molecular complexity index is 2560. The van der Waals surface area contributed by atoms with E-state index in [0.717, 1.165) is 11.9 Å². The van der Waals surface area contributed by atoms with E-state index in [-0.39, 0.29) is 54.8 Å². The number of ether oxygens (including phenoxy) is 2. The van der Waals surface area contributed by atoms with Crippen molar-refractivity contribution in [3.8, 4) is 11.5 Å². The molecule has 2 heterocycles. The van der Waals surface area contributed by atoms with E-state index in [1.807, 2.05) is 55.6 Å². The third kappa shape index (κ3) is 11.7. The molecule has 1 atom stereocenters. The Kier molecular flexibility index (Phi) is 15.4. The monoisotopic (exact) mass is 931 g/mol. The Morgan fingerprint density at radius 2 is 1.06 bits per heavy atom. The minimum atomic E-state index is -1.08. The highest BCUT2D eigenvalue weighted by Crippen LogP contribution is 2.53. The zero-order valence-electron chi connectivity index (χ0n) is 40.7. The molecule has 0 saturated carbocycles. The van der Waals surface area contributed by atoms with Gasteiger partial charge in [-0.3, -0.25) is 19.2 Å². The summed E-state index contributed by atoms with van der Waals surface area (Å²) in [4.78, 5) is 62.7. The minimum Gasteiger partial charge on any atom is -0.509 e. The Hall–Kier alpha value is -5.02. The highest BCUT2D eigenvalue weighted by molar-refractivity contribution is 8.02. The summed E-state index contributed by atoms with van der Waals surface area (Å²) < 4.78 is 15.1. The maximum Gasteiger partial charge on any atom is 0.289 e. The predicted molar refractivity (Wildman–Crippen MR) is 267 cm³/mol. The first-order chi connectivity index (χ1) is 29.7. The lowest BCUT2D eigenvalue weighted by Gasteiger charge is -2.46. The number of aliphatic hydroxyl groups is 1. The Balaban J connectivity index is 1.64. The number of rotatable bonds is 24. The quantitative estimate of drug-likeness (QED) is 0.0263. The average Bonchev–Trinajstić information content (AvgIpc) is 3.64. The summed E-state index contributed by atoms with van der Waals surface area (Å²) in [6.07, 6.45) is 2.96. The van der Waals surface area contributed by atoms with Crippen molar-refractivity contribution in [1.82, 2.24) is 9.13 Å². The van der Waals surface area contributed by atoms with Crippen LogP contribution in [0.4, 0.5) is 0 Å². The fraction of sp³-hybridized carbons (Fsp3) is 0.520. The van der Waals surface area contributed by atoms with Gasteiger partial charge in [0.1, 0.15) is 36.2 Å². The van der Waals surface area contributed by atoms with Gasteiger partial charge < -0.3 is 35.2 Å². The first kappa shape index (κ1) is 52.6. The second-order valence-corrected chi connectivity index (χ2v) is 25.3. The van der Waals surface area contributed by atoms with Crippen LogP contribution in [0.1, 0.15) is 141 Å². The molecular formula is C50H69N5O8S2. The van der Waals surface area contributed by atoms with E-state index in [9.17, 15) is 29.2 Å². The number of benzene rings is 2. The number of carbonyl (C=O) groups is 4. The van der Waals surface area contributed by atoms with Gasteiger partial charge >= 0.3 is 0 Å². The third-order valence-electron chi connectivity index (χ3n) is 11.7. The number of fused-ring (bicyclic) bond motifs is 2. The maximum atomic E-state index is 13.5. The highest BCUT2D eigenvalue weighted by Gasteiger charge is 2.44. The molecule has 65 heavy (non-hydrogen) atoms. The number of hydrogen-bond donors (Lipinski definition) is 3. The third-order valence-corrected chi connectivity index (χ3v) is 14.5. The fourth-order valence-electron chi connectivity index (χ4n) is 10.8. The summed E-state index contributed by atoms with van der Waals surface area (Å²) >= 11 is 3.83. The molecule has 2 amide bonds. The molecule has 0 fully saturated rings. The van der Waals surface area contributed by atoms with Crippen LogP contribution in [0.2, 0.25) is 0 Å². The lowest BCUT2D eigenvalue weighted by Crippen LogP contribution is -2.41. The number of aromatic nitrogens is 2. The van der Waals surface area contributed by atoms with Gasteiger partial charge in [0.2, 0.25) is 0 Å². The number of nitrogens with two attached hydrogens (primary N) is 2. The molecular weight excluding hydrogens is 863 g/mol. The van der Waals surface area contributed by atoms with Crippen molar-refractivity contribution in [1.29, 1.82) is 0 Å². The van der Waals surface area contributed by atoms with E-state index in [2.05, 4.69) is 111 Å². The maximum absolute atomic E-state index is 13.5. The SMILES string of the molecule is C=C(O)COc1cccc2c1c(C(=O)C(N)=O)c(C)n2C(C)(CC)CC(C)(C)SC(C)(C)CC(C)(C)SC(C)(C)CC(C)(C)n1c(C)c(C(=O)C(N)=O)c2c(OCC(=C)N=O)cccc21. The first-order valence-electron chi connectivity index (χ1n) is 21.8. The molecule has 5 N–H and O–H groups in total. The molecule has 2 aromatic heterocycles. The zero-order valence-corrected chi connectivity index (χ0v) is 42.4. The van der Waals surface area contributed by atoms with Gasteiger partial charge in [0.25, 0.3) is 23.4 Å². The zero-order chi connectivity index (χ0) is 49.4. The molecule has 4 rings (SSSR count). The first-order valence-corrected chi connectivity index (χ1v) is 23.4. The second kappa shape index (κ2) is 19.1. The van der Waals surface area contributed by atoms with Crippen molar-refractivity contribution < 1.29 is 33.8 Å². The van der Waals surface area contributed by atoms with E-state index in [1.165, 1.54) is 0 Å². The average molecular weight is 932 g/mol.